The van der Waals surface area contributed by atoms with Gasteiger partial charge < -0.3 is 5.73 Å². The summed E-state index contributed by atoms with van der Waals surface area (Å²) in [7, 11) is 0. The topological polar surface area (TPSA) is 26.0 Å². The lowest BCUT2D eigenvalue weighted by molar-refractivity contribution is -0.0328. The number of alkyl halides is 3. The predicted octanol–water partition coefficient (Wildman–Crippen LogP) is 3.72. The molecule has 1 aromatic carbocycles. The van der Waals surface area contributed by atoms with Crippen molar-refractivity contribution in [1.82, 2.24) is 0 Å². The van der Waals surface area contributed by atoms with Gasteiger partial charge in [0.25, 0.3) is 0 Å². The van der Waals surface area contributed by atoms with Crippen molar-refractivity contribution < 1.29 is 13.2 Å². The van der Waals surface area contributed by atoms with Crippen LogP contribution in [0.15, 0.2) is 30.3 Å². The lowest BCUT2D eigenvalue weighted by Gasteiger charge is -2.11. The maximum atomic E-state index is 11.8. The number of halogens is 3. The lowest BCUT2D eigenvalue weighted by atomic mass is 10.0. The second kappa shape index (κ2) is 6.15. The second-order valence-corrected chi connectivity index (χ2v) is 4.61. The zero-order valence-electron chi connectivity index (χ0n) is 8.70. The van der Waals surface area contributed by atoms with Gasteiger partial charge in [-0.3, -0.25) is 0 Å². The Morgan fingerprint density at radius 3 is 2.38 bits per heavy atom. The first kappa shape index (κ1) is 13.4. The van der Waals surface area contributed by atoms with E-state index in [1.807, 2.05) is 30.3 Å². The molecule has 16 heavy (non-hydrogen) atoms. The van der Waals surface area contributed by atoms with Gasteiger partial charge in [0, 0.05) is 11.8 Å². The normalized spacial score (nSPS) is 13.8. The summed E-state index contributed by atoms with van der Waals surface area (Å²) in [5, 5.41) is 0. The number of rotatable bonds is 5. The molecule has 0 amide bonds. The Morgan fingerprint density at radius 1 is 1.19 bits per heavy atom. The first-order valence-electron chi connectivity index (χ1n) is 5.00. The van der Waals surface area contributed by atoms with Gasteiger partial charge in [0.1, 0.15) is 0 Å². The van der Waals surface area contributed by atoms with Crippen molar-refractivity contribution >= 4 is 11.8 Å². The van der Waals surface area contributed by atoms with Crippen molar-refractivity contribution in [3.63, 3.8) is 0 Å². The molecule has 0 fully saturated rings. The van der Waals surface area contributed by atoms with Crippen molar-refractivity contribution in [2.75, 3.05) is 5.75 Å². The summed E-state index contributed by atoms with van der Waals surface area (Å²) in [6.07, 6.45) is 1.05. The number of thioether (sulfide) groups is 1. The van der Waals surface area contributed by atoms with Gasteiger partial charge in [-0.25, -0.2) is 0 Å². The van der Waals surface area contributed by atoms with Crippen molar-refractivity contribution in [2.24, 2.45) is 5.73 Å². The highest BCUT2D eigenvalue weighted by molar-refractivity contribution is 8.00. The minimum Gasteiger partial charge on any atom is -0.324 e. The molecule has 1 aromatic rings. The zero-order chi connectivity index (χ0) is 12.0. The van der Waals surface area contributed by atoms with E-state index in [-0.39, 0.29) is 23.6 Å². The largest absolute Gasteiger partial charge is 0.441 e. The molecule has 1 atom stereocenters. The molecule has 0 heterocycles. The highest BCUT2D eigenvalue weighted by atomic mass is 32.2. The molecule has 5 heteroatoms. The first-order valence-corrected chi connectivity index (χ1v) is 5.99. The molecular formula is C11H14F3NS. The fourth-order valence-corrected chi connectivity index (χ4v) is 1.90. The first-order chi connectivity index (χ1) is 7.49. The smallest absolute Gasteiger partial charge is 0.324 e. The van der Waals surface area contributed by atoms with Crippen LogP contribution in [0.2, 0.25) is 0 Å². The maximum absolute atomic E-state index is 11.8. The fourth-order valence-electron chi connectivity index (χ4n) is 1.36. The van der Waals surface area contributed by atoms with Crippen LogP contribution in [0.3, 0.4) is 0 Å². The lowest BCUT2D eigenvalue weighted by Crippen LogP contribution is -2.11. The fraction of sp³-hybridized carbons (Fsp3) is 0.455. The van der Waals surface area contributed by atoms with Gasteiger partial charge in [-0.15, -0.1) is 0 Å². The van der Waals surface area contributed by atoms with Gasteiger partial charge in [-0.2, -0.15) is 13.2 Å². The minimum absolute atomic E-state index is 0.0152. The van der Waals surface area contributed by atoms with E-state index in [0.717, 1.165) is 5.56 Å². The van der Waals surface area contributed by atoms with Crippen molar-refractivity contribution in [1.29, 1.82) is 0 Å². The van der Waals surface area contributed by atoms with Crippen molar-refractivity contribution in [3.05, 3.63) is 35.9 Å². The standard InChI is InChI=1S/C11H14F3NS/c12-11(13,14)16-8-4-7-10(15)9-5-2-1-3-6-9/h1-3,5-6,10H,4,7-8,15H2. The Hall–Kier alpha value is -0.680. The highest BCUT2D eigenvalue weighted by Crippen LogP contribution is 2.31. The van der Waals surface area contributed by atoms with E-state index in [1.54, 1.807) is 0 Å². The minimum atomic E-state index is -4.13. The molecule has 1 nitrogen and oxygen atoms in total. The van der Waals surface area contributed by atoms with Crippen LogP contribution in [0.1, 0.15) is 24.4 Å². The number of benzene rings is 1. The molecule has 0 aliphatic rings. The third-order valence-corrected chi connectivity index (χ3v) is 2.97. The van der Waals surface area contributed by atoms with Gasteiger partial charge in [0.05, 0.1) is 0 Å². The molecule has 0 saturated carbocycles. The molecule has 0 aromatic heterocycles. The molecular weight excluding hydrogens is 235 g/mol. The molecule has 90 valence electrons. The Kier molecular flexibility index (Phi) is 5.15. The van der Waals surface area contributed by atoms with E-state index in [2.05, 4.69) is 0 Å². The highest BCUT2D eigenvalue weighted by Gasteiger charge is 2.27. The average Bonchev–Trinajstić information content (AvgIpc) is 2.24. The molecule has 0 radical (unpaired) electrons. The molecule has 1 rings (SSSR count). The van der Waals surface area contributed by atoms with E-state index in [9.17, 15) is 13.2 Å². The molecule has 0 spiro atoms. The number of nitrogens with two attached hydrogens (primary N) is 1. The van der Waals surface area contributed by atoms with Crippen LogP contribution in [0.4, 0.5) is 13.2 Å². The Morgan fingerprint density at radius 2 is 1.81 bits per heavy atom. The maximum Gasteiger partial charge on any atom is 0.441 e. The van der Waals surface area contributed by atoms with Crippen LogP contribution in [0.25, 0.3) is 0 Å². The Labute approximate surface area is 97.2 Å². The summed E-state index contributed by atoms with van der Waals surface area (Å²) in [5.74, 6) is 0.0734. The summed E-state index contributed by atoms with van der Waals surface area (Å²) >= 11 is 0.0152. The van der Waals surface area contributed by atoms with Crippen LogP contribution in [0, 0.1) is 0 Å². The zero-order valence-corrected chi connectivity index (χ0v) is 9.52. The average molecular weight is 249 g/mol. The monoisotopic (exact) mass is 249 g/mol. The molecule has 0 aliphatic heterocycles. The predicted molar refractivity (Wildman–Crippen MR) is 61.1 cm³/mol. The summed E-state index contributed by atoms with van der Waals surface area (Å²) in [5.41, 5.74) is 2.70. The van der Waals surface area contributed by atoms with Crippen LogP contribution < -0.4 is 5.73 Å². The third-order valence-electron chi connectivity index (χ3n) is 2.15. The molecule has 2 N–H and O–H groups in total. The van der Waals surface area contributed by atoms with Crippen LogP contribution in [-0.4, -0.2) is 11.3 Å². The van der Waals surface area contributed by atoms with E-state index in [1.165, 1.54) is 0 Å². The summed E-state index contributed by atoms with van der Waals surface area (Å²) < 4.78 is 35.5. The molecule has 0 aliphatic carbocycles. The van der Waals surface area contributed by atoms with E-state index >= 15 is 0 Å². The van der Waals surface area contributed by atoms with Crippen LogP contribution >= 0.6 is 11.8 Å². The Balaban J connectivity index is 2.24. The Bertz CT molecular complexity index is 300. The van der Waals surface area contributed by atoms with E-state index in [4.69, 9.17) is 5.73 Å². The SMILES string of the molecule is NC(CCCSC(F)(F)F)c1ccccc1. The van der Waals surface area contributed by atoms with Gasteiger partial charge in [-0.1, -0.05) is 42.1 Å². The summed E-state index contributed by atoms with van der Waals surface area (Å²) in [4.78, 5) is 0. The quantitative estimate of drug-likeness (QED) is 0.805. The second-order valence-electron chi connectivity index (χ2n) is 3.45. The van der Waals surface area contributed by atoms with Gasteiger partial charge >= 0.3 is 5.51 Å². The van der Waals surface area contributed by atoms with E-state index < -0.39 is 5.51 Å². The van der Waals surface area contributed by atoms with Gasteiger partial charge in [0.2, 0.25) is 0 Å². The van der Waals surface area contributed by atoms with Crippen LogP contribution in [0.5, 0.6) is 0 Å². The summed E-state index contributed by atoms with van der Waals surface area (Å²) in [6, 6.07) is 9.24. The molecule has 0 bridgehead atoms. The molecule has 1 unspecified atom stereocenters. The summed E-state index contributed by atoms with van der Waals surface area (Å²) in [6.45, 7) is 0. The number of hydrogen-bond donors (Lipinski definition) is 1. The third kappa shape index (κ3) is 5.42. The van der Waals surface area contributed by atoms with Crippen molar-refractivity contribution in [2.45, 2.75) is 24.4 Å². The van der Waals surface area contributed by atoms with Crippen LogP contribution in [-0.2, 0) is 0 Å². The number of hydrogen-bond acceptors (Lipinski definition) is 2. The van der Waals surface area contributed by atoms with Crippen molar-refractivity contribution in [3.8, 4) is 0 Å². The van der Waals surface area contributed by atoms with E-state index in [0.29, 0.717) is 12.8 Å². The van der Waals surface area contributed by atoms with Gasteiger partial charge in [-0.05, 0) is 18.4 Å². The van der Waals surface area contributed by atoms with Gasteiger partial charge in [0.15, 0.2) is 0 Å². The molecule has 0 saturated heterocycles.